The Morgan fingerprint density at radius 3 is 2.47 bits per heavy atom. The van der Waals surface area contributed by atoms with E-state index in [2.05, 4.69) is 23.6 Å². The van der Waals surface area contributed by atoms with Gasteiger partial charge in [-0.25, -0.2) is 0 Å². The van der Waals surface area contributed by atoms with Crippen LogP contribution in [0.15, 0.2) is 18.2 Å². The molecule has 0 radical (unpaired) electrons. The zero-order valence-electron chi connectivity index (χ0n) is 10.6. The topological polar surface area (TPSA) is 42.5 Å². The van der Waals surface area contributed by atoms with Crippen LogP contribution in [0.4, 0.5) is 0 Å². The Balaban J connectivity index is 2.08. The summed E-state index contributed by atoms with van der Waals surface area (Å²) in [7, 11) is 3.31. The van der Waals surface area contributed by atoms with Gasteiger partial charge in [-0.15, -0.1) is 0 Å². The van der Waals surface area contributed by atoms with E-state index in [1.54, 1.807) is 14.2 Å². The van der Waals surface area contributed by atoms with E-state index >= 15 is 0 Å². The first-order valence-electron chi connectivity index (χ1n) is 5.93. The van der Waals surface area contributed by atoms with Gasteiger partial charge in [0.05, 0.1) is 14.2 Å². The summed E-state index contributed by atoms with van der Waals surface area (Å²) < 4.78 is 10.5. The number of methoxy groups -OCH3 is 2. The van der Waals surface area contributed by atoms with E-state index < -0.39 is 0 Å². The Morgan fingerprint density at radius 2 is 1.94 bits per heavy atom. The molecule has 1 aliphatic rings. The average Bonchev–Trinajstić information content (AvgIpc) is 2.32. The van der Waals surface area contributed by atoms with Gasteiger partial charge in [-0.2, -0.15) is 0 Å². The minimum atomic E-state index is 0.321. The molecule has 1 saturated heterocycles. The van der Waals surface area contributed by atoms with Crippen LogP contribution >= 0.6 is 0 Å². The molecule has 0 aromatic heterocycles. The van der Waals surface area contributed by atoms with Crippen LogP contribution in [0.25, 0.3) is 0 Å². The number of ether oxygens (including phenoxy) is 2. The molecular formula is C13H20N2O2. The van der Waals surface area contributed by atoms with Crippen molar-refractivity contribution in [3.63, 3.8) is 0 Å². The van der Waals surface area contributed by atoms with Crippen LogP contribution in [0.5, 0.6) is 11.5 Å². The molecule has 4 nitrogen and oxygen atoms in total. The SMILES string of the molecule is COc1ccc(C(C)NC2CNC2)cc1OC. The Hall–Kier alpha value is -1.26. The van der Waals surface area contributed by atoms with Crippen LogP contribution in [0, 0.1) is 0 Å². The molecule has 1 heterocycles. The summed E-state index contributed by atoms with van der Waals surface area (Å²) in [6.07, 6.45) is 0. The molecule has 17 heavy (non-hydrogen) atoms. The van der Waals surface area contributed by atoms with Crippen LogP contribution in [-0.4, -0.2) is 33.4 Å². The van der Waals surface area contributed by atoms with E-state index in [4.69, 9.17) is 9.47 Å². The van der Waals surface area contributed by atoms with Gasteiger partial charge < -0.3 is 20.1 Å². The highest BCUT2D eigenvalue weighted by Crippen LogP contribution is 2.30. The zero-order chi connectivity index (χ0) is 12.3. The van der Waals surface area contributed by atoms with Crippen LogP contribution in [0.3, 0.4) is 0 Å². The zero-order valence-corrected chi connectivity index (χ0v) is 10.6. The molecule has 0 saturated carbocycles. The van der Waals surface area contributed by atoms with Crippen LogP contribution < -0.4 is 20.1 Å². The van der Waals surface area contributed by atoms with Crippen molar-refractivity contribution in [3.05, 3.63) is 23.8 Å². The summed E-state index contributed by atoms with van der Waals surface area (Å²) in [6, 6.07) is 6.96. The largest absolute Gasteiger partial charge is 0.493 e. The molecular weight excluding hydrogens is 216 g/mol. The van der Waals surface area contributed by atoms with Crippen LogP contribution in [-0.2, 0) is 0 Å². The van der Waals surface area contributed by atoms with Gasteiger partial charge in [-0.1, -0.05) is 6.07 Å². The number of nitrogens with one attached hydrogen (secondary N) is 2. The van der Waals surface area contributed by atoms with Crippen molar-refractivity contribution in [1.82, 2.24) is 10.6 Å². The van der Waals surface area contributed by atoms with Crippen molar-refractivity contribution >= 4 is 0 Å². The summed E-state index contributed by atoms with van der Waals surface area (Å²) in [5.41, 5.74) is 1.22. The van der Waals surface area contributed by atoms with Gasteiger partial charge in [0.2, 0.25) is 0 Å². The van der Waals surface area contributed by atoms with Crippen LogP contribution in [0.1, 0.15) is 18.5 Å². The summed E-state index contributed by atoms with van der Waals surface area (Å²) in [5.74, 6) is 1.55. The van der Waals surface area contributed by atoms with E-state index in [1.165, 1.54) is 5.56 Å². The molecule has 0 spiro atoms. The molecule has 2 N–H and O–H groups in total. The number of rotatable bonds is 5. The summed E-state index contributed by atoms with van der Waals surface area (Å²) in [5, 5.41) is 6.81. The van der Waals surface area contributed by atoms with Gasteiger partial charge >= 0.3 is 0 Å². The van der Waals surface area contributed by atoms with Gasteiger partial charge in [0.1, 0.15) is 0 Å². The second-order valence-corrected chi connectivity index (χ2v) is 4.36. The number of benzene rings is 1. The molecule has 1 aromatic rings. The molecule has 94 valence electrons. The number of hydrogen-bond donors (Lipinski definition) is 2. The van der Waals surface area contributed by atoms with Crippen LogP contribution in [0.2, 0.25) is 0 Å². The van der Waals surface area contributed by atoms with Crippen molar-refractivity contribution in [2.75, 3.05) is 27.3 Å². The lowest BCUT2D eigenvalue weighted by atomic mass is 10.0. The summed E-state index contributed by atoms with van der Waals surface area (Å²) in [4.78, 5) is 0. The lowest BCUT2D eigenvalue weighted by molar-refractivity contribution is 0.335. The number of hydrogen-bond acceptors (Lipinski definition) is 4. The smallest absolute Gasteiger partial charge is 0.161 e. The predicted octanol–water partition coefficient (Wildman–Crippen LogP) is 1.33. The van der Waals surface area contributed by atoms with E-state index in [0.29, 0.717) is 12.1 Å². The predicted molar refractivity (Wildman–Crippen MR) is 67.8 cm³/mol. The Labute approximate surface area is 102 Å². The molecule has 0 aliphatic carbocycles. The Kier molecular flexibility index (Phi) is 3.86. The molecule has 1 aliphatic heterocycles. The van der Waals surface area contributed by atoms with E-state index in [1.807, 2.05) is 12.1 Å². The fraction of sp³-hybridized carbons (Fsp3) is 0.538. The fourth-order valence-electron chi connectivity index (χ4n) is 1.98. The lowest BCUT2D eigenvalue weighted by Crippen LogP contribution is -2.55. The lowest BCUT2D eigenvalue weighted by Gasteiger charge is -2.31. The summed E-state index contributed by atoms with van der Waals surface area (Å²) in [6.45, 7) is 4.27. The van der Waals surface area contributed by atoms with Crippen molar-refractivity contribution in [2.24, 2.45) is 0 Å². The molecule has 2 rings (SSSR count). The molecule has 1 fully saturated rings. The fourth-order valence-corrected chi connectivity index (χ4v) is 1.98. The van der Waals surface area contributed by atoms with Crippen molar-refractivity contribution in [3.8, 4) is 11.5 Å². The first-order valence-corrected chi connectivity index (χ1v) is 5.93. The normalized spacial score (nSPS) is 17.4. The first-order chi connectivity index (χ1) is 8.24. The minimum Gasteiger partial charge on any atom is -0.493 e. The monoisotopic (exact) mass is 236 g/mol. The van der Waals surface area contributed by atoms with E-state index in [0.717, 1.165) is 24.6 Å². The molecule has 1 unspecified atom stereocenters. The molecule has 1 atom stereocenters. The van der Waals surface area contributed by atoms with Gasteiger partial charge in [-0.3, -0.25) is 0 Å². The third kappa shape index (κ3) is 2.70. The second kappa shape index (κ2) is 5.38. The van der Waals surface area contributed by atoms with Gasteiger partial charge in [0.25, 0.3) is 0 Å². The maximum atomic E-state index is 5.31. The second-order valence-electron chi connectivity index (χ2n) is 4.36. The average molecular weight is 236 g/mol. The van der Waals surface area contributed by atoms with Gasteiger partial charge in [0, 0.05) is 25.2 Å². The maximum absolute atomic E-state index is 5.31. The standard InChI is InChI=1S/C13H20N2O2/c1-9(15-11-7-14-8-11)10-4-5-12(16-2)13(6-10)17-3/h4-6,9,11,14-15H,7-8H2,1-3H3. The highest BCUT2D eigenvalue weighted by atomic mass is 16.5. The highest BCUT2D eigenvalue weighted by molar-refractivity contribution is 5.43. The molecule has 0 amide bonds. The minimum absolute atomic E-state index is 0.321. The first kappa shape index (κ1) is 12.2. The third-order valence-corrected chi connectivity index (χ3v) is 3.17. The third-order valence-electron chi connectivity index (χ3n) is 3.17. The highest BCUT2D eigenvalue weighted by Gasteiger charge is 2.19. The van der Waals surface area contributed by atoms with E-state index in [9.17, 15) is 0 Å². The molecule has 0 bridgehead atoms. The van der Waals surface area contributed by atoms with Crippen molar-refractivity contribution in [1.29, 1.82) is 0 Å². The van der Waals surface area contributed by atoms with E-state index in [-0.39, 0.29) is 0 Å². The molecule has 1 aromatic carbocycles. The quantitative estimate of drug-likeness (QED) is 0.809. The maximum Gasteiger partial charge on any atom is 0.161 e. The Bertz CT molecular complexity index is 378. The van der Waals surface area contributed by atoms with Gasteiger partial charge in [-0.05, 0) is 24.6 Å². The van der Waals surface area contributed by atoms with Crippen molar-refractivity contribution in [2.45, 2.75) is 19.0 Å². The summed E-state index contributed by atoms with van der Waals surface area (Å²) >= 11 is 0. The molecule has 4 heteroatoms. The van der Waals surface area contributed by atoms with Crippen molar-refractivity contribution < 1.29 is 9.47 Å². The van der Waals surface area contributed by atoms with Gasteiger partial charge in [0.15, 0.2) is 11.5 Å². The Morgan fingerprint density at radius 1 is 1.24 bits per heavy atom.